The van der Waals surface area contributed by atoms with Crippen LogP contribution in [0, 0.1) is 0 Å². The normalized spacial score (nSPS) is 18.0. The summed E-state index contributed by atoms with van der Waals surface area (Å²) in [6, 6.07) is 1.84. The van der Waals surface area contributed by atoms with Gasteiger partial charge in [0.15, 0.2) is 0 Å². The Kier molecular flexibility index (Phi) is 2.87. The smallest absolute Gasteiger partial charge is 0.145 e. The molecule has 2 N–H and O–H groups in total. The minimum absolute atomic E-state index is 0.355. The van der Waals surface area contributed by atoms with Crippen LogP contribution in [0.2, 0.25) is 0 Å². The molecule has 0 amide bonds. The second-order valence-corrected chi connectivity index (χ2v) is 3.79. The Morgan fingerprint density at radius 1 is 1.29 bits per heavy atom. The number of hydrogen-bond acceptors (Lipinski definition) is 3. The average Bonchev–Trinajstić information content (AvgIpc) is 2.23. The van der Waals surface area contributed by atoms with Gasteiger partial charge < -0.3 is 10.5 Å². The molecule has 0 unspecified atom stereocenters. The van der Waals surface area contributed by atoms with Gasteiger partial charge in [0.05, 0.1) is 18.0 Å². The molecule has 2 rings (SSSR count). The Morgan fingerprint density at radius 3 is 2.79 bits per heavy atom. The van der Waals surface area contributed by atoms with Gasteiger partial charge in [-0.3, -0.25) is 4.98 Å². The van der Waals surface area contributed by atoms with Crippen LogP contribution in [0.25, 0.3) is 0 Å². The minimum Gasteiger partial charge on any atom is -0.488 e. The van der Waals surface area contributed by atoms with Gasteiger partial charge >= 0.3 is 0 Å². The summed E-state index contributed by atoms with van der Waals surface area (Å²) in [6.07, 6.45) is 9.90. The molecule has 1 heterocycles. The number of nitrogens with two attached hydrogens (primary N) is 1. The lowest BCUT2D eigenvalue weighted by Gasteiger charge is -2.23. The van der Waals surface area contributed by atoms with E-state index in [1.807, 2.05) is 6.07 Å². The lowest BCUT2D eigenvalue weighted by atomic mass is 9.98. The van der Waals surface area contributed by atoms with Gasteiger partial charge in [0, 0.05) is 12.3 Å². The van der Waals surface area contributed by atoms with E-state index in [4.69, 9.17) is 10.5 Å². The molecular weight excluding hydrogens is 176 g/mol. The largest absolute Gasteiger partial charge is 0.488 e. The third-order valence-electron chi connectivity index (χ3n) is 2.66. The summed E-state index contributed by atoms with van der Waals surface area (Å²) in [4.78, 5) is 3.93. The van der Waals surface area contributed by atoms with Crippen molar-refractivity contribution in [2.24, 2.45) is 0 Å². The molecule has 1 saturated carbocycles. The van der Waals surface area contributed by atoms with E-state index in [0.717, 1.165) is 18.6 Å². The first-order valence-corrected chi connectivity index (χ1v) is 5.22. The number of pyridine rings is 1. The Labute approximate surface area is 84.3 Å². The molecule has 0 bridgehead atoms. The van der Waals surface area contributed by atoms with E-state index in [1.54, 1.807) is 12.4 Å². The van der Waals surface area contributed by atoms with Gasteiger partial charge in [-0.25, -0.2) is 0 Å². The van der Waals surface area contributed by atoms with E-state index in [-0.39, 0.29) is 0 Å². The zero-order valence-electron chi connectivity index (χ0n) is 8.28. The highest BCUT2D eigenvalue weighted by Gasteiger charge is 2.15. The van der Waals surface area contributed by atoms with Crippen LogP contribution in [0.4, 0.5) is 5.69 Å². The van der Waals surface area contributed by atoms with Gasteiger partial charge in [0.25, 0.3) is 0 Å². The van der Waals surface area contributed by atoms with Crippen molar-refractivity contribution in [1.29, 1.82) is 0 Å². The highest BCUT2D eigenvalue weighted by Crippen LogP contribution is 2.26. The first-order valence-electron chi connectivity index (χ1n) is 5.22. The Morgan fingerprint density at radius 2 is 2.07 bits per heavy atom. The van der Waals surface area contributed by atoms with Gasteiger partial charge in [-0.05, 0) is 25.7 Å². The zero-order chi connectivity index (χ0) is 9.80. The molecule has 1 aromatic rings. The lowest BCUT2D eigenvalue weighted by molar-refractivity contribution is 0.156. The first-order chi connectivity index (χ1) is 6.86. The first kappa shape index (κ1) is 9.31. The fourth-order valence-electron chi connectivity index (χ4n) is 1.86. The van der Waals surface area contributed by atoms with E-state index < -0.39 is 0 Å². The predicted octanol–water partition coefficient (Wildman–Crippen LogP) is 2.38. The summed E-state index contributed by atoms with van der Waals surface area (Å²) in [6.45, 7) is 0. The Hall–Kier alpha value is -1.25. The van der Waals surface area contributed by atoms with Crippen LogP contribution in [-0.2, 0) is 0 Å². The molecule has 14 heavy (non-hydrogen) atoms. The quantitative estimate of drug-likeness (QED) is 0.782. The van der Waals surface area contributed by atoms with Crippen molar-refractivity contribution in [3.63, 3.8) is 0 Å². The van der Waals surface area contributed by atoms with Crippen LogP contribution >= 0.6 is 0 Å². The van der Waals surface area contributed by atoms with Crippen molar-refractivity contribution in [1.82, 2.24) is 4.98 Å². The topological polar surface area (TPSA) is 48.1 Å². The van der Waals surface area contributed by atoms with Gasteiger partial charge in [-0.1, -0.05) is 6.42 Å². The monoisotopic (exact) mass is 192 g/mol. The average molecular weight is 192 g/mol. The van der Waals surface area contributed by atoms with Crippen molar-refractivity contribution in [3.8, 4) is 5.75 Å². The van der Waals surface area contributed by atoms with Crippen molar-refractivity contribution in [2.45, 2.75) is 38.2 Å². The number of anilines is 1. The van der Waals surface area contributed by atoms with Gasteiger partial charge in [0.2, 0.25) is 0 Å². The second kappa shape index (κ2) is 4.31. The predicted molar refractivity (Wildman–Crippen MR) is 56.2 cm³/mol. The molecule has 76 valence electrons. The SMILES string of the molecule is Nc1cnccc1OC1CCCCC1. The molecular formula is C11H16N2O. The number of hydrogen-bond donors (Lipinski definition) is 1. The molecule has 3 heteroatoms. The van der Waals surface area contributed by atoms with Crippen LogP contribution in [-0.4, -0.2) is 11.1 Å². The number of nitrogen functional groups attached to an aromatic ring is 1. The molecule has 0 aromatic carbocycles. The molecule has 0 atom stereocenters. The maximum Gasteiger partial charge on any atom is 0.145 e. The van der Waals surface area contributed by atoms with Crippen LogP contribution in [0.5, 0.6) is 5.75 Å². The van der Waals surface area contributed by atoms with Crippen molar-refractivity contribution in [2.75, 3.05) is 5.73 Å². The zero-order valence-corrected chi connectivity index (χ0v) is 8.28. The van der Waals surface area contributed by atoms with E-state index in [1.165, 1.54) is 19.3 Å². The van der Waals surface area contributed by atoms with Crippen molar-refractivity contribution in [3.05, 3.63) is 18.5 Å². The number of ether oxygens (including phenoxy) is 1. The van der Waals surface area contributed by atoms with E-state index in [2.05, 4.69) is 4.98 Å². The van der Waals surface area contributed by atoms with Gasteiger partial charge in [-0.15, -0.1) is 0 Å². The van der Waals surface area contributed by atoms with E-state index in [9.17, 15) is 0 Å². The highest BCUT2D eigenvalue weighted by molar-refractivity contribution is 5.49. The van der Waals surface area contributed by atoms with Gasteiger partial charge in [-0.2, -0.15) is 0 Å². The van der Waals surface area contributed by atoms with Crippen LogP contribution in [0.1, 0.15) is 32.1 Å². The van der Waals surface area contributed by atoms with Crippen LogP contribution < -0.4 is 10.5 Å². The molecule has 0 spiro atoms. The molecule has 1 aromatic heterocycles. The fraction of sp³-hybridized carbons (Fsp3) is 0.545. The fourth-order valence-corrected chi connectivity index (χ4v) is 1.86. The minimum atomic E-state index is 0.355. The molecule has 0 radical (unpaired) electrons. The van der Waals surface area contributed by atoms with E-state index in [0.29, 0.717) is 11.8 Å². The Balaban J connectivity index is 1.99. The molecule has 1 aliphatic rings. The number of rotatable bonds is 2. The maximum atomic E-state index is 5.82. The maximum absolute atomic E-state index is 5.82. The molecule has 1 fully saturated rings. The summed E-state index contributed by atoms with van der Waals surface area (Å²) >= 11 is 0. The third-order valence-corrected chi connectivity index (χ3v) is 2.66. The summed E-state index contributed by atoms with van der Waals surface area (Å²) in [5.74, 6) is 0.784. The van der Waals surface area contributed by atoms with Crippen LogP contribution in [0.15, 0.2) is 18.5 Å². The Bertz CT molecular complexity index is 295. The summed E-state index contributed by atoms with van der Waals surface area (Å²) in [7, 11) is 0. The van der Waals surface area contributed by atoms with Gasteiger partial charge in [0.1, 0.15) is 5.75 Å². The highest BCUT2D eigenvalue weighted by atomic mass is 16.5. The number of aromatic nitrogens is 1. The van der Waals surface area contributed by atoms with Crippen molar-refractivity contribution < 1.29 is 4.74 Å². The second-order valence-electron chi connectivity index (χ2n) is 3.79. The molecule has 0 aliphatic heterocycles. The summed E-state index contributed by atoms with van der Waals surface area (Å²) in [5.41, 5.74) is 6.39. The standard InChI is InChI=1S/C11H16N2O/c12-10-8-13-7-6-11(10)14-9-4-2-1-3-5-9/h6-9H,1-5,12H2. The molecule has 3 nitrogen and oxygen atoms in total. The van der Waals surface area contributed by atoms with Crippen LogP contribution in [0.3, 0.4) is 0 Å². The van der Waals surface area contributed by atoms with Crippen molar-refractivity contribution >= 4 is 5.69 Å². The molecule has 1 aliphatic carbocycles. The number of nitrogens with zero attached hydrogens (tertiary/aromatic N) is 1. The molecule has 0 saturated heterocycles. The van der Waals surface area contributed by atoms with E-state index >= 15 is 0 Å². The third kappa shape index (κ3) is 2.16. The lowest BCUT2D eigenvalue weighted by Crippen LogP contribution is -2.20. The summed E-state index contributed by atoms with van der Waals surface area (Å²) in [5, 5.41) is 0. The summed E-state index contributed by atoms with van der Waals surface area (Å²) < 4.78 is 5.82.